The molecule has 0 radical (unpaired) electrons. The first-order valence-corrected chi connectivity index (χ1v) is 4.18. The molecule has 0 aliphatic heterocycles. The molecule has 5 heteroatoms. The molecule has 11 heavy (non-hydrogen) atoms. The molecule has 0 bridgehead atoms. The van der Waals surface area contributed by atoms with Crippen LogP contribution in [0, 0.1) is 10.6 Å². The van der Waals surface area contributed by atoms with Gasteiger partial charge in [-0.15, -0.1) is 0 Å². The monoisotopic (exact) mass is 260 g/mol. The number of rotatable bonds is 0. The maximum atomic E-state index is 4.20. The molecule has 0 atom stereocenters. The summed E-state index contributed by atoms with van der Waals surface area (Å²) in [5.41, 5.74) is 1.44. The first-order valence-electron chi connectivity index (χ1n) is 3.10. The second kappa shape index (κ2) is 2.40. The van der Waals surface area contributed by atoms with Gasteiger partial charge in [-0.25, -0.2) is 15.0 Å². The summed E-state index contributed by atoms with van der Waals surface area (Å²) in [7, 11) is 0. The summed E-state index contributed by atoms with van der Waals surface area (Å²) in [5, 5.41) is 0. The van der Waals surface area contributed by atoms with Crippen LogP contribution in [0.1, 0.15) is 5.82 Å². The molecule has 0 saturated carbocycles. The molecule has 0 aliphatic rings. The Hall–Kier alpha value is -0.720. The van der Waals surface area contributed by atoms with E-state index in [0.717, 1.165) is 15.2 Å². The Balaban J connectivity index is 2.82. The summed E-state index contributed by atoms with van der Waals surface area (Å²) in [6, 6.07) is 0. The number of nitrogens with zero attached hydrogens (tertiary/aromatic N) is 3. The van der Waals surface area contributed by atoms with Crippen LogP contribution in [0.3, 0.4) is 0 Å². The molecule has 0 amide bonds. The number of H-pyrrole nitrogens is 1. The third-order valence-electron chi connectivity index (χ3n) is 1.30. The SMILES string of the molecule is Cc1nc2ncc(I)nc2[nH]1. The van der Waals surface area contributed by atoms with E-state index >= 15 is 0 Å². The van der Waals surface area contributed by atoms with Crippen molar-refractivity contribution in [3.63, 3.8) is 0 Å². The van der Waals surface area contributed by atoms with E-state index in [1.807, 2.05) is 6.92 Å². The minimum absolute atomic E-state index is 0.683. The average molecular weight is 260 g/mol. The van der Waals surface area contributed by atoms with Crippen molar-refractivity contribution in [3.8, 4) is 0 Å². The molecule has 1 N–H and O–H groups in total. The van der Waals surface area contributed by atoms with Crippen molar-refractivity contribution >= 4 is 33.9 Å². The highest BCUT2D eigenvalue weighted by atomic mass is 127. The topological polar surface area (TPSA) is 54.5 Å². The van der Waals surface area contributed by atoms with Gasteiger partial charge in [0.2, 0.25) is 0 Å². The molecule has 0 aromatic carbocycles. The van der Waals surface area contributed by atoms with E-state index in [1.54, 1.807) is 6.20 Å². The Labute approximate surface area is 76.6 Å². The van der Waals surface area contributed by atoms with Crippen molar-refractivity contribution in [2.75, 3.05) is 0 Å². The van der Waals surface area contributed by atoms with Gasteiger partial charge in [-0.1, -0.05) is 0 Å². The van der Waals surface area contributed by atoms with Gasteiger partial charge in [-0.2, -0.15) is 0 Å². The molecular formula is C6H5IN4. The van der Waals surface area contributed by atoms with Gasteiger partial charge in [0.25, 0.3) is 0 Å². The van der Waals surface area contributed by atoms with Gasteiger partial charge in [0.15, 0.2) is 11.3 Å². The highest BCUT2D eigenvalue weighted by Crippen LogP contribution is 2.06. The fraction of sp³-hybridized carbons (Fsp3) is 0.167. The molecule has 2 heterocycles. The molecule has 4 nitrogen and oxygen atoms in total. The standard InChI is InChI=1S/C6H5IN4/c1-3-9-5-6(10-3)11-4(7)2-8-5/h2H,1H3,(H,8,9,10,11). The van der Waals surface area contributed by atoms with Crippen LogP contribution < -0.4 is 0 Å². The lowest BCUT2D eigenvalue weighted by molar-refractivity contribution is 1.16. The molecule has 0 spiro atoms. The average Bonchev–Trinajstić information content (AvgIpc) is 2.27. The minimum atomic E-state index is 0.683. The van der Waals surface area contributed by atoms with Crippen molar-refractivity contribution in [2.24, 2.45) is 0 Å². The van der Waals surface area contributed by atoms with Gasteiger partial charge >= 0.3 is 0 Å². The number of aromatic amines is 1. The summed E-state index contributed by atoms with van der Waals surface area (Å²) >= 11 is 2.12. The van der Waals surface area contributed by atoms with Crippen LogP contribution in [0.15, 0.2) is 6.20 Å². The van der Waals surface area contributed by atoms with E-state index < -0.39 is 0 Å². The predicted octanol–water partition coefficient (Wildman–Crippen LogP) is 1.27. The van der Waals surface area contributed by atoms with Crippen LogP contribution in [0.5, 0.6) is 0 Å². The number of hydrogen-bond donors (Lipinski definition) is 1. The van der Waals surface area contributed by atoms with Gasteiger partial charge in [-0.05, 0) is 29.5 Å². The van der Waals surface area contributed by atoms with E-state index in [-0.39, 0.29) is 0 Å². The molecule has 0 fully saturated rings. The van der Waals surface area contributed by atoms with E-state index in [2.05, 4.69) is 42.5 Å². The van der Waals surface area contributed by atoms with Crippen molar-refractivity contribution < 1.29 is 0 Å². The zero-order chi connectivity index (χ0) is 7.84. The van der Waals surface area contributed by atoms with Crippen LogP contribution in [0.2, 0.25) is 0 Å². The third kappa shape index (κ3) is 1.20. The number of aryl methyl sites for hydroxylation is 1. The lowest BCUT2D eigenvalue weighted by atomic mass is 10.7. The first-order chi connectivity index (χ1) is 5.25. The Kier molecular flexibility index (Phi) is 1.52. The smallest absolute Gasteiger partial charge is 0.197 e. The van der Waals surface area contributed by atoms with Gasteiger partial charge in [-0.3, -0.25) is 0 Å². The van der Waals surface area contributed by atoms with E-state index in [4.69, 9.17) is 0 Å². The van der Waals surface area contributed by atoms with E-state index in [1.165, 1.54) is 0 Å². The summed E-state index contributed by atoms with van der Waals surface area (Å²) in [6.07, 6.45) is 1.70. The summed E-state index contributed by atoms with van der Waals surface area (Å²) in [4.78, 5) is 15.4. The van der Waals surface area contributed by atoms with Gasteiger partial charge in [0.1, 0.15) is 9.53 Å². The Morgan fingerprint density at radius 1 is 1.45 bits per heavy atom. The Bertz CT molecular complexity index is 394. The maximum absolute atomic E-state index is 4.20. The number of fused-ring (bicyclic) bond motifs is 1. The van der Waals surface area contributed by atoms with Crippen LogP contribution in [-0.2, 0) is 0 Å². The van der Waals surface area contributed by atoms with Gasteiger partial charge in [0, 0.05) is 0 Å². The number of imidazole rings is 1. The molecule has 0 saturated heterocycles. The van der Waals surface area contributed by atoms with Crippen LogP contribution in [-0.4, -0.2) is 19.9 Å². The molecule has 2 aromatic rings. The quantitative estimate of drug-likeness (QED) is 0.725. The van der Waals surface area contributed by atoms with E-state index in [0.29, 0.717) is 5.65 Å². The first kappa shape index (κ1) is 6.96. The molecule has 2 rings (SSSR count). The molecule has 2 aromatic heterocycles. The van der Waals surface area contributed by atoms with Crippen molar-refractivity contribution in [3.05, 3.63) is 15.7 Å². The maximum Gasteiger partial charge on any atom is 0.197 e. The van der Waals surface area contributed by atoms with Gasteiger partial charge in [0.05, 0.1) is 6.20 Å². The fourth-order valence-electron chi connectivity index (χ4n) is 0.885. The van der Waals surface area contributed by atoms with Crippen molar-refractivity contribution in [1.29, 1.82) is 0 Å². The summed E-state index contributed by atoms with van der Waals surface area (Å²) in [6.45, 7) is 1.89. The molecule has 0 aliphatic carbocycles. The zero-order valence-corrected chi connectivity index (χ0v) is 7.95. The molecule has 56 valence electrons. The minimum Gasteiger partial charge on any atom is -0.325 e. The van der Waals surface area contributed by atoms with Crippen molar-refractivity contribution in [2.45, 2.75) is 6.92 Å². The summed E-state index contributed by atoms with van der Waals surface area (Å²) in [5.74, 6) is 0.849. The predicted molar refractivity (Wildman–Crippen MR) is 49.1 cm³/mol. The fourth-order valence-corrected chi connectivity index (χ4v) is 1.27. The summed E-state index contributed by atoms with van der Waals surface area (Å²) < 4.78 is 0.874. The van der Waals surface area contributed by atoms with Crippen LogP contribution >= 0.6 is 22.6 Å². The third-order valence-corrected chi connectivity index (χ3v) is 1.82. The second-order valence-corrected chi connectivity index (χ2v) is 3.29. The normalized spacial score (nSPS) is 10.7. The number of aromatic nitrogens is 4. The van der Waals surface area contributed by atoms with Crippen LogP contribution in [0.25, 0.3) is 11.3 Å². The largest absolute Gasteiger partial charge is 0.325 e. The lowest BCUT2D eigenvalue weighted by Crippen LogP contribution is -1.84. The van der Waals surface area contributed by atoms with Crippen LogP contribution in [0.4, 0.5) is 0 Å². The Morgan fingerprint density at radius 2 is 2.27 bits per heavy atom. The van der Waals surface area contributed by atoms with E-state index in [9.17, 15) is 0 Å². The zero-order valence-electron chi connectivity index (χ0n) is 5.80. The number of nitrogens with one attached hydrogen (secondary N) is 1. The Morgan fingerprint density at radius 3 is 3.09 bits per heavy atom. The number of halogens is 1. The number of hydrogen-bond acceptors (Lipinski definition) is 3. The highest BCUT2D eigenvalue weighted by Gasteiger charge is 2.00. The van der Waals surface area contributed by atoms with Gasteiger partial charge < -0.3 is 4.98 Å². The van der Waals surface area contributed by atoms with Crippen molar-refractivity contribution in [1.82, 2.24) is 19.9 Å². The second-order valence-electron chi connectivity index (χ2n) is 2.19. The highest BCUT2D eigenvalue weighted by molar-refractivity contribution is 14.1. The lowest BCUT2D eigenvalue weighted by Gasteiger charge is -1.86. The molecular weight excluding hydrogens is 255 g/mol. The molecule has 0 unspecified atom stereocenters.